The van der Waals surface area contributed by atoms with Crippen LogP contribution in [-0.2, 0) is 0 Å². The quantitative estimate of drug-likeness (QED) is 0.618. The highest BCUT2D eigenvalue weighted by Crippen LogP contribution is 2.30. The van der Waals surface area contributed by atoms with Gasteiger partial charge in [0.05, 0.1) is 25.4 Å². The van der Waals surface area contributed by atoms with Crippen LogP contribution in [0.1, 0.15) is 47.2 Å². The van der Waals surface area contributed by atoms with Crippen LogP contribution in [0.15, 0.2) is 42.5 Å². The third kappa shape index (κ3) is 5.41. The normalized spacial score (nSPS) is 10.6. The van der Waals surface area contributed by atoms with E-state index < -0.39 is 0 Å². The number of ether oxygens (including phenoxy) is 2. The predicted octanol–water partition coefficient (Wildman–Crippen LogP) is 6.28. The monoisotopic (exact) mass is 329 g/mol. The van der Waals surface area contributed by atoms with Gasteiger partial charge < -0.3 is 9.47 Å². The topological polar surface area (TPSA) is 31.4 Å². The summed E-state index contributed by atoms with van der Waals surface area (Å²) in [7, 11) is 3.33. The molecule has 1 aromatic heterocycles. The molecule has 0 unspecified atom stereocenters. The van der Waals surface area contributed by atoms with Crippen molar-refractivity contribution in [2.45, 2.75) is 41.5 Å². The zero-order valence-corrected chi connectivity index (χ0v) is 16.3. The zero-order chi connectivity index (χ0) is 18.5. The van der Waals surface area contributed by atoms with Gasteiger partial charge in [-0.05, 0) is 31.6 Å². The Labute approximate surface area is 147 Å². The van der Waals surface area contributed by atoms with Crippen LogP contribution >= 0.6 is 0 Å². The highest BCUT2D eigenvalue weighted by Gasteiger charge is 2.09. The van der Waals surface area contributed by atoms with E-state index >= 15 is 0 Å². The summed E-state index contributed by atoms with van der Waals surface area (Å²) in [5.41, 5.74) is 2.82. The number of rotatable bonds is 4. The van der Waals surface area contributed by atoms with Crippen molar-refractivity contribution in [1.82, 2.24) is 4.98 Å². The number of fused-ring (bicyclic) bond motifs is 1. The largest absolute Gasteiger partial charge is 0.497 e. The molecule has 0 fully saturated rings. The number of aromatic nitrogens is 1. The van der Waals surface area contributed by atoms with E-state index in [9.17, 15) is 0 Å². The number of hydrogen-bond donors (Lipinski definition) is 0. The Kier molecular flexibility index (Phi) is 11.0. The molecular formula is C21H31NO2. The predicted molar refractivity (Wildman–Crippen MR) is 106 cm³/mol. The average Bonchev–Trinajstić information content (AvgIpc) is 2.67. The van der Waals surface area contributed by atoms with E-state index in [1.54, 1.807) is 14.2 Å². The third-order valence-corrected chi connectivity index (χ3v) is 3.15. The van der Waals surface area contributed by atoms with Gasteiger partial charge in [0.25, 0.3) is 0 Å². The number of methoxy groups -OCH3 is 2. The molecule has 3 heteroatoms. The van der Waals surface area contributed by atoms with Gasteiger partial charge in [0.2, 0.25) is 0 Å². The van der Waals surface area contributed by atoms with Crippen LogP contribution in [0, 0.1) is 0 Å². The van der Waals surface area contributed by atoms with Gasteiger partial charge in [-0.25, -0.2) is 4.98 Å². The minimum absolute atomic E-state index is 0.789. The first kappa shape index (κ1) is 21.7. The Hall–Kier alpha value is -2.29. The Bertz CT molecular complexity index is 673. The molecule has 2 aromatic rings. The van der Waals surface area contributed by atoms with Gasteiger partial charge >= 0.3 is 0 Å². The van der Waals surface area contributed by atoms with Crippen molar-refractivity contribution in [3.05, 3.63) is 48.2 Å². The number of hydrogen-bond acceptors (Lipinski definition) is 3. The summed E-state index contributed by atoms with van der Waals surface area (Å²) in [6, 6.07) is 7.76. The minimum atomic E-state index is 0.789. The van der Waals surface area contributed by atoms with Crippen molar-refractivity contribution in [1.29, 1.82) is 0 Å². The van der Waals surface area contributed by atoms with Gasteiger partial charge in [0.15, 0.2) is 0 Å². The molecule has 2 rings (SSSR count). The highest BCUT2D eigenvalue weighted by molar-refractivity contribution is 5.89. The van der Waals surface area contributed by atoms with Crippen molar-refractivity contribution in [2.24, 2.45) is 0 Å². The van der Waals surface area contributed by atoms with E-state index in [0.29, 0.717) is 0 Å². The van der Waals surface area contributed by atoms with Gasteiger partial charge in [-0.1, -0.05) is 45.9 Å². The zero-order valence-electron chi connectivity index (χ0n) is 16.3. The van der Waals surface area contributed by atoms with Gasteiger partial charge in [-0.3, -0.25) is 0 Å². The summed E-state index contributed by atoms with van der Waals surface area (Å²) in [5.74, 6) is 1.61. The van der Waals surface area contributed by atoms with Crippen LogP contribution in [0.4, 0.5) is 0 Å². The average molecular weight is 329 g/mol. The van der Waals surface area contributed by atoms with Crippen molar-refractivity contribution >= 4 is 16.5 Å². The third-order valence-electron chi connectivity index (χ3n) is 3.15. The van der Waals surface area contributed by atoms with Crippen molar-refractivity contribution in [3.8, 4) is 11.5 Å². The van der Waals surface area contributed by atoms with Crippen LogP contribution < -0.4 is 9.47 Å². The number of benzene rings is 1. The number of nitrogens with zero attached hydrogens (tertiary/aromatic N) is 1. The van der Waals surface area contributed by atoms with Gasteiger partial charge in [0, 0.05) is 17.5 Å². The highest BCUT2D eigenvalue weighted by atomic mass is 16.5. The molecule has 0 saturated heterocycles. The first-order chi connectivity index (χ1) is 11.7. The molecule has 132 valence electrons. The minimum Gasteiger partial charge on any atom is -0.497 e. The van der Waals surface area contributed by atoms with E-state index in [0.717, 1.165) is 33.7 Å². The Morgan fingerprint density at radius 1 is 0.958 bits per heavy atom. The molecule has 0 radical (unpaired) electrons. The van der Waals surface area contributed by atoms with Crippen molar-refractivity contribution in [2.75, 3.05) is 14.2 Å². The fourth-order valence-electron chi connectivity index (χ4n) is 2.13. The summed E-state index contributed by atoms with van der Waals surface area (Å²) >= 11 is 0. The van der Waals surface area contributed by atoms with Crippen molar-refractivity contribution in [3.63, 3.8) is 0 Å². The Morgan fingerprint density at radius 3 is 2.12 bits per heavy atom. The molecule has 3 nitrogen and oxygen atoms in total. The summed E-state index contributed by atoms with van der Waals surface area (Å²) in [5, 5.41) is 0.980. The smallest absolute Gasteiger partial charge is 0.130 e. The van der Waals surface area contributed by atoms with Crippen LogP contribution in [-0.4, -0.2) is 19.2 Å². The molecule has 0 aliphatic heterocycles. The Balaban J connectivity index is 0.00000123. The maximum absolute atomic E-state index is 5.48. The summed E-state index contributed by atoms with van der Waals surface area (Å²) in [6.07, 6.45) is 6.07. The lowest BCUT2D eigenvalue weighted by atomic mass is 10.1. The molecule has 0 aliphatic rings. The molecule has 0 saturated carbocycles. The van der Waals surface area contributed by atoms with Crippen molar-refractivity contribution < 1.29 is 9.47 Å². The standard InChI is InChI=1S/C17H19NO2.2C2H6/c1-5-7-12(6-2)15-11-17(20-4)14-9-8-13(19-3)10-16(14)18-15;2*1-2/h5-11H,1-4H3;2*1-2H3/b7-5-,12-6+;;. The van der Waals surface area contributed by atoms with Crippen LogP contribution in [0.25, 0.3) is 16.5 Å². The first-order valence-corrected chi connectivity index (χ1v) is 8.55. The first-order valence-electron chi connectivity index (χ1n) is 8.55. The van der Waals surface area contributed by atoms with Gasteiger partial charge in [0.1, 0.15) is 11.5 Å². The van der Waals surface area contributed by atoms with Crippen LogP contribution in [0.2, 0.25) is 0 Å². The maximum Gasteiger partial charge on any atom is 0.130 e. The second-order valence-corrected chi connectivity index (χ2v) is 4.34. The van der Waals surface area contributed by atoms with E-state index in [4.69, 9.17) is 14.5 Å². The van der Waals surface area contributed by atoms with E-state index in [1.807, 2.05) is 84.0 Å². The molecular weight excluding hydrogens is 298 g/mol. The maximum atomic E-state index is 5.48. The SMILES string of the molecule is C/C=C\C(=C/C)c1cc(OC)c2ccc(OC)cc2n1.CC.CC. The molecule has 0 spiro atoms. The summed E-state index contributed by atoms with van der Waals surface area (Å²) in [6.45, 7) is 12.0. The van der Waals surface area contributed by atoms with E-state index in [-0.39, 0.29) is 0 Å². The van der Waals surface area contributed by atoms with E-state index in [1.165, 1.54) is 0 Å². The number of pyridine rings is 1. The van der Waals surface area contributed by atoms with Gasteiger partial charge in [-0.2, -0.15) is 0 Å². The van der Waals surface area contributed by atoms with Crippen LogP contribution in [0.3, 0.4) is 0 Å². The molecule has 1 heterocycles. The molecule has 0 atom stereocenters. The summed E-state index contributed by atoms with van der Waals surface area (Å²) < 4.78 is 10.7. The summed E-state index contributed by atoms with van der Waals surface area (Å²) in [4.78, 5) is 4.70. The molecule has 0 aliphatic carbocycles. The fraction of sp³-hybridized carbons (Fsp3) is 0.381. The Morgan fingerprint density at radius 2 is 1.62 bits per heavy atom. The second kappa shape index (κ2) is 12.2. The number of allylic oxidation sites excluding steroid dienone is 4. The lowest BCUT2D eigenvalue weighted by Crippen LogP contribution is -1.94. The second-order valence-electron chi connectivity index (χ2n) is 4.34. The van der Waals surface area contributed by atoms with Crippen LogP contribution in [0.5, 0.6) is 11.5 Å². The molecule has 0 N–H and O–H groups in total. The molecule has 1 aromatic carbocycles. The lowest BCUT2D eigenvalue weighted by Gasteiger charge is -2.10. The molecule has 0 amide bonds. The molecule has 24 heavy (non-hydrogen) atoms. The lowest BCUT2D eigenvalue weighted by molar-refractivity contribution is 0.414. The van der Waals surface area contributed by atoms with Gasteiger partial charge in [-0.15, -0.1) is 0 Å². The van der Waals surface area contributed by atoms with E-state index in [2.05, 4.69) is 0 Å². The molecule has 0 bridgehead atoms. The fourth-order valence-corrected chi connectivity index (χ4v) is 2.13.